The second-order valence-corrected chi connectivity index (χ2v) is 12.8. The van der Waals surface area contributed by atoms with Gasteiger partial charge in [0.25, 0.3) is 0 Å². The lowest BCUT2D eigenvalue weighted by molar-refractivity contribution is -0.143. The van der Waals surface area contributed by atoms with E-state index in [1.165, 1.54) is 0 Å². The van der Waals surface area contributed by atoms with E-state index in [0.717, 1.165) is 31.6 Å². The number of nitrogens with one attached hydrogen (secondary N) is 2. The van der Waals surface area contributed by atoms with Crippen molar-refractivity contribution in [1.29, 1.82) is 0 Å². The summed E-state index contributed by atoms with van der Waals surface area (Å²) in [4.78, 5) is 45.2. The molecule has 0 aliphatic carbocycles. The molecule has 2 unspecified atom stereocenters. The molecule has 2 bridgehead atoms. The number of thioether (sulfide) groups is 1. The van der Waals surface area contributed by atoms with Crippen LogP contribution in [0.3, 0.4) is 0 Å². The Bertz CT molecular complexity index is 1030. The Morgan fingerprint density at radius 3 is 2.35 bits per heavy atom. The lowest BCUT2D eigenvalue weighted by Gasteiger charge is -2.39. The van der Waals surface area contributed by atoms with Crippen LogP contribution in [0.15, 0.2) is 24.3 Å². The third-order valence-corrected chi connectivity index (χ3v) is 11.1. The molecule has 0 radical (unpaired) electrons. The van der Waals surface area contributed by atoms with Gasteiger partial charge in [-0.15, -0.1) is 11.8 Å². The summed E-state index contributed by atoms with van der Waals surface area (Å²) in [6.45, 7) is 11.9. The SMILES string of the molecule is CC[C@H](C)[C@H](CO)N1C(=O)[C@@H]2[C@@H](C(=O)NC)[C@@]3(C)CCC2(S3)C1C(=O)Nc1ccc(N(CC)CC)cc1. The fourth-order valence-electron chi connectivity index (χ4n) is 6.95. The van der Waals surface area contributed by atoms with Crippen molar-refractivity contribution in [3.63, 3.8) is 0 Å². The van der Waals surface area contributed by atoms with Crippen molar-refractivity contribution < 1.29 is 19.5 Å². The largest absolute Gasteiger partial charge is 0.394 e. The molecule has 3 saturated heterocycles. The van der Waals surface area contributed by atoms with Crippen molar-refractivity contribution in [2.24, 2.45) is 17.8 Å². The van der Waals surface area contributed by atoms with Crippen LogP contribution < -0.4 is 15.5 Å². The number of nitrogens with zero attached hydrogens (tertiary/aromatic N) is 2. The highest BCUT2D eigenvalue weighted by molar-refractivity contribution is 8.02. The zero-order valence-corrected chi connectivity index (χ0v) is 23.7. The topological polar surface area (TPSA) is 102 Å². The van der Waals surface area contributed by atoms with Crippen LogP contribution in [0.2, 0.25) is 0 Å². The minimum absolute atomic E-state index is 0.00377. The third-order valence-electron chi connectivity index (χ3n) is 9.10. The van der Waals surface area contributed by atoms with Crippen LogP contribution in [-0.2, 0) is 14.4 Å². The molecular weight excluding hydrogens is 488 g/mol. The van der Waals surface area contributed by atoms with Gasteiger partial charge in [-0.3, -0.25) is 14.4 Å². The number of amides is 3. The molecule has 8 nitrogen and oxygen atoms in total. The number of aliphatic hydroxyl groups is 1. The van der Waals surface area contributed by atoms with Crippen LogP contribution >= 0.6 is 11.8 Å². The Morgan fingerprint density at radius 2 is 1.81 bits per heavy atom. The molecule has 3 N–H and O–H groups in total. The van der Waals surface area contributed by atoms with Crippen LogP contribution in [-0.4, -0.2) is 76.0 Å². The summed E-state index contributed by atoms with van der Waals surface area (Å²) in [5.41, 5.74) is 1.76. The van der Waals surface area contributed by atoms with E-state index in [2.05, 4.69) is 36.3 Å². The first-order valence-electron chi connectivity index (χ1n) is 13.6. The van der Waals surface area contributed by atoms with Crippen molar-refractivity contribution in [2.75, 3.05) is 37.0 Å². The van der Waals surface area contributed by atoms with Gasteiger partial charge >= 0.3 is 0 Å². The van der Waals surface area contributed by atoms with Crippen LogP contribution in [0.4, 0.5) is 11.4 Å². The Morgan fingerprint density at radius 1 is 1.16 bits per heavy atom. The number of carbonyl (C=O) groups excluding carboxylic acids is 3. The normalized spacial score (nSPS) is 31.7. The van der Waals surface area contributed by atoms with E-state index in [1.54, 1.807) is 23.7 Å². The molecule has 1 aromatic rings. The summed E-state index contributed by atoms with van der Waals surface area (Å²) in [6, 6.07) is 6.53. The second kappa shape index (κ2) is 10.5. The van der Waals surface area contributed by atoms with Crippen LogP contribution in [0, 0.1) is 17.8 Å². The summed E-state index contributed by atoms with van der Waals surface area (Å²) in [5, 5.41) is 16.3. The van der Waals surface area contributed by atoms with Gasteiger partial charge in [-0.1, -0.05) is 20.3 Å². The Hall–Kier alpha value is -2.26. The van der Waals surface area contributed by atoms with Gasteiger partial charge in [0.05, 0.1) is 29.2 Å². The molecule has 3 aliphatic rings. The summed E-state index contributed by atoms with van der Waals surface area (Å²) < 4.78 is -1.10. The molecule has 0 aromatic heterocycles. The second-order valence-electron chi connectivity index (χ2n) is 10.9. The maximum absolute atomic E-state index is 14.2. The van der Waals surface area contributed by atoms with Crippen molar-refractivity contribution in [1.82, 2.24) is 10.2 Å². The van der Waals surface area contributed by atoms with Gasteiger partial charge in [0.2, 0.25) is 17.7 Å². The van der Waals surface area contributed by atoms with Gasteiger partial charge in [-0.05, 0) is 63.8 Å². The van der Waals surface area contributed by atoms with E-state index < -0.39 is 33.4 Å². The van der Waals surface area contributed by atoms with Gasteiger partial charge in [-0.2, -0.15) is 0 Å². The Labute approximate surface area is 224 Å². The average molecular weight is 531 g/mol. The first kappa shape index (κ1) is 27.8. The van der Waals surface area contributed by atoms with E-state index in [9.17, 15) is 19.5 Å². The van der Waals surface area contributed by atoms with E-state index in [0.29, 0.717) is 12.1 Å². The number of hydrogen-bond acceptors (Lipinski definition) is 6. The third kappa shape index (κ3) is 4.32. The molecule has 9 heteroatoms. The highest BCUT2D eigenvalue weighted by Gasteiger charge is 2.77. The molecule has 1 aromatic carbocycles. The van der Waals surface area contributed by atoms with Crippen LogP contribution in [0.25, 0.3) is 0 Å². The van der Waals surface area contributed by atoms with Crippen LogP contribution in [0.5, 0.6) is 0 Å². The molecule has 3 amide bonds. The summed E-state index contributed by atoms with van der Waals surface area (Å²) in [5.74, 6) is -1.66. The van der Waals surface area contributed by atoms with Gasteiger partial charge in [0.1, 0.15) is 6.04 Å². The number of hydrogen-bond donors (Lipinski definition) is 3. The molecule has 3 aliphatic heterocycles. The van der Waals surface area contributed by atoms with Crippen molar-refractivity contribution in [2.45, 2.75) is 75.5 Å². The highest BCUT2D eigenvalue weighted by atomic mass is 32.2. The maximum Gasteiger partial charge on any atom is 0.248 e. The zero-order valence-electron chi connectivity index (χ0n) is 22.9. The first-order valence-corrected chi connectivity index (χ1v) is 14.4. The molecule has 204 valence electrons. The van der Waals surface area contributed by atoms with E-state index in [4.69, 9.17) is 0 Å². The molecule has 3 fully saturated rings. The predicted molar refractivity (Wildman–Crippen MR) is 149 cm³/mol. The van der Waals surface area contributed by atoms with Gasteiger partial charge in [0.15, 0.2) is 0 Å². The maximum atomic E-state index is 14.2. The van der Waals surface area contributed by atoms with E-state index in [-0.39, 0.29) is 30.2 Å². The average Bonchev–Trinajstić information content (AvgIpc) is 3.46. The number of likely N-dealkylation sites (tertiary alicyclic amines) is 1. The molecule has 0 saturated carbocycles. The lowest BCUT2D eigenvalue weighted by atomic mass is 9.66. The summed E-state index contributed by atoms with van der Waals surface area (Å²) in [7, 11) is 1.61. The number of aliphatic hydroxyl groups excluding tert-OH is 1. The minimum Gasteiger partial charge on any atom is -0.394 e. The number of carbonyl (C=O) groups is 3. The number of fused-ring (bicyclic) bond motifs is 1. The van der Waals surface area contributed by atoms with Crippen molar-refractivity contribution >= 4 is 40.9 Å². The molecular formula is C28H42N4O4S. The van der Waals surface area contributed by atoms with Crippen molar-refractivity contribution in [3.05, 3.63) is 24.3 Å². The molecule has 3 heterocycles. The summed E-state index contributed by atoms with van der Waals surface area (Å²) >= 11 is 1.65. The minimum atomic E-state index is -0.764. The quantitative estimate of drug-likeness (QED) is 0.430. The van der Waals surface area contributed by atoms with Gasteiger partial charge < -0.3 is 25.5 Å². The molecule has 37 heavy (non-hydrogen) atoms. The number of anilines is 2. The molecule has 1 spiro atoms. The molecule has 7 atom stereocenters. The smallest absolute Gasteiger partial charge is 0.248 e. The molecule has 4 rings (SSSR count). The first-order chi connectivity index (χ1) is 17.6. The predicted octanol–water partition coefficient (Wildman–Crippen LogP) is 3.11. The fraction of sp³-hybridized carbons (Fsp3) is 0.679. The fourth-order valence-corrected chi connectivity index (χ4v) is 9.29. The van der Waals surface area contributed by atoms with Gasteiger partial charge in [-0.25, -0.2) is 0 Å². The number of benzene rings is 1. The van der Waals surface area contributed by atoms with Crippen molar-refractivity contribution in [3.8, 4) is 0 Å². The standard InChI is InChI=1S/C28H42N4O4S/c1-7-17(4)20(16-33)32-23(25(35)30-18-10-12-19(13-11-18)31(8-2)9-3)28-15-14-27(5,37-28)21(24(34)29-6)22(28)26(32)36/h10-13,17,20-23,33H,7-9,14-16H2,1-6H3,(H,29,34)(H,30,35)/t17-,20-,21-,22-,23?,27+,28?/m0/s1. The summed E-state index contributed by atoms with van der Waals surface area (Å²) in [6.07, 6.45) is 2.21. The zero-order chi connectivity index (χ0) is 27.1. The highest BCUT2D eigenvalue weighted by Crippen LogP contribution is 2.71. The monoisotopic (exact) mass is 530 g/mol. The van der Waals surface area contributed by atoms with E-state index in [1.807, 2.05) is 38.1 Å². The van der Waals surface area contributed by atoms with E-state index >= 15 is 0 Å². The van der Waals surface area contributed by atoms with Gasteiger partial charge in [0, 0.05) is 36.3 Å². The van der Waals surface area contributed by atoms with Crippen LogP contribution in [0.1, 0.15) is 53.9 Å². The Kier molecular flexibility index (Phi) is 7.87. The number of rotatable bonds is 10. The Balaban J connectivity index is 1.72. The lowest BCUT2D eigenvalue weighted by Crippen LogP contribution is -2.56.